The number of furan rings is 1. The lowest BCUT2D eigenvalue weighted by molar-refractivity contribution is -0.137. The van der Waals surface area contributed by atoms with Crippen molar-refractivity contribution in [2.24, 2.45) is 0 Å². The Balaban J connectivity index is 1.43. The number of amides is 1. The van der Waals surface area contributed by atoms with E-state index in [0.29, 0.717) is 29.2 Å². The average molecular weight is 479 g/mol. The highest BCUT2D eigenvalue weighted by atomic mass is 32.1. The molecule has 1 aromatic carbocycles. The van der Waals surface area contributed by atoms with Crippen molar-refractivity contribution in [3.05, 3.63) is 53.0 Å². The molecule has 1 aliphatic heterocycles. The van der Waals surface area contributed by atoms with Crippen LogP contribution in [0.5, 0.6) is 0 Å². The summed E-state index contributed by atoms with van der Waals surface area (Å²) in [6, 6.07) is 6.58. The Kier molecular flexibility index (Phi) is 6.85. The Bertz CT molecular complexity index is 1120. The minimum absolute atomic E-state index is 0.192. The van der Waals surface area contributed by atoms with Crippen molar-refractivity contribution in [2.75, 3.05) is 18.4 Å². The van der Waals surface area contributed by atoms with Crippen LogP contribution in [0.4, 0.5) is 18.3 Å². The molecule has 1 saturated heterocycles. The van der Waals surface area contributed by atoms with Crippen LogP contribution in [0.2, 0.25) is 0 Å². The van der Waals surface area contributed by atoms with Gasteiger partial charge in [0.15, 0.2) is 0 Å². The highest BCUT2D eigenvalue weighted by Gasteiger charge is 2.31. The largest absolute Gasteiger partial charge is 0.461 e. The second-order valence-corrected chi connectivity index (χ2v) is 9.03. The van der Waals surface area contributed by atoms with E-state index >= 15 is 0 Å². The molecule has 3 heterocycles. The molecule has 1 N–H and O–H groups in total. The fourth-order valence-electron chi connectivity index (χ4n) is 4.00. The molecular formula is C23H25F3N4O2S. The van der Waals surface area contributed by atoms with Crippen LogP contribution < -0.4 is 5.32 Å². The minimum Gasteiger partial charge on any atom is -0.461 e. The van der Waals surface area contributed by atoms with Gasteiger partial charge in [-0.05, 0) is 58.0 Å². The Morgan fingerprint density at radius 1 is 1.24 bits per heavy atom. The van der Waals surface area contributed by atoms with Crippen LogP contribution in [0.25, 0.3) is 11.3 Å². The van der Waals surface area contributed by atoms with Crippen LogP contribution in [0.15, 0.2) is 34.7 Å². The second kappa shape index (κ2) is 9.64. The monoisotopic (exact) mass is 478 g/mol. The van der Waals surface area contributed by atoms with Gasteiger partial charge >= 0.3 is 6.18 Å². The number of aromatic nitrogens is 2. The molecule has 33 heavy (non-hydrogen) atoms. The summed E-state index contributed by atoms with van der Waals surface area (Å²) >= 11 is 1.11. The number of benzene rings is 1. The molecule has 0 saturated carbocycles. The number of rotatable bonds is 6. The molecule has 4 rings (SSSR count). The first-order valence-electron chi connectivity index (χ1n) is 10.9. The second-order valence-electron chi connectivity index (χ2n) is 8.28. The van der Waals surface area contributed by atoms with Crippen molar-refractivity contribution in [1.29, 1.82) is 0 Å². The van der Waals surface area contributed by atoms with Gasteiger partial charge < -0.3 is 9.32 Å². The van der Waals surface area contributed by atoms with Crippen LogP contribution in [-0.2, 0) is 12.6 Å². The van der Waals surface area contributed by atoms with Crippen molar-refractivity contribution < 1.29 is 22.4 Å². The van der Waals surface area contributed by atoms with Gasteiger partial charge in [-0.2, -0.15) is 17.5 Å². The number of carbonyl (C=O) groups excluding carboxylic acids is 1. The average Bonchev–Trinajstić information content (AvgIpc) is 3.40. The number of anilines is 1. The zero-order valence-corrected chi connectivity index (χ0v) is 19.2. The van der Waals surface area contributed by atoms with Crippen molar-refractivity contribution in [2.45, 2.75) is 51.7 Å². The third kappa shape index (κ3) is 5.62. The summed E-state index contributed by atoms with van der Waals surface area (Å²) in [4.78, 5) is 19.6. The van der Waals surface area contributed by atoms with E-state index in [-0.39, 0.29) is 16.9 Å². The third-order valence-corrected chi connectivity index (χ3v) is 6.49. The number of likely N-dealkylation sites (tertiary alicyclic amines) is 1. The van der Waals surface area contributed by atoms with Crippen LogP contribution in [0.3, 0.4) is 0 Å². The summed E-state index contributed by atoms with van der Waals surface area (Å²) in [5.41, 5.74) is -0.294. The molecule has 1 amide bonds. The molecular weight excluding hydrogens is 453 g/mol. The Labute approximate surface area is 194 Å². The zero-order valence-electron chi connectivity index (χ0n) is 18.4. The van der Waals surface area contributed by atoms with Crippen molar-refractivity contribution >= 4 is 22.6 Å². The number of hydrogen-bond donors (Lipinski definition) is 1. The topological polar surface area (TPSA) is 71.3 Å². The highest BCUT2D eigenvalue weighted by molar-refractivity contribution is 7.09. The highest BCUT2D eigenvalue weighted by Crippen LogP contribution is 2.33. The molecule has 1 aliphatic rings. The maximum atomic E-state index is 13.0. The molecule has 10 heteroatoms. The predicted molar refractivity (Wildman–Crippen MR) is 120 cm³/mol. The van der Waals surface area contributed by atoms with Crippen LogP contribution in [0.1, 0.15) is 53.7 Å². The van der Waals surface area contributed by atoms with Crippen molar-refractivity contribution in [3.63, 3.8) is 0 Å². The maximum absolute atomic E-state index is 13.0. The first kappa shape index (κ1) is 23.4. The van der Waals surface area contributed by atoms with Crippen molar-refractivity contribution in [3.8, 4) is 11.3 Å². The Morgan fingerprint density at radius 2 is 2.00 bits per heavy atom. The molecule has 1 unspecified atom stereocenters. The lowest BCUT2D eigenvalue weighted by Crippen LogP contribution is -2.38. The van der Waals surface area contributed by atoms with E-state index in [9.17, 15) is 18.0 Å². The van der Waals surface area contributed by atoms with E-state index in [1.165, 1.54) is 37.5 Å². The molecule has 6 nitrogen and oxygen atoms in total. The van der Waals surface area contributed by atoms with Crippen LogP contribution in [0, 0.1) is 6.92 Å². The van der Waals surface area contributed by atoms with E-state index in [4.69, 9.17) is 4.42 Å². The predicted octanol–water partition coefficient (Wildman–Crippen LogP) is 5.79. The summed E-state index contributed by atoms with van der Waals surface area (Å²) in [5.74, 6) is 0.739. The zero-order chi connectivity index (χ0) is 23.6. The van der Waals surface area contributed by atoms with E-state index in [2.05, 4.69) is 26.5 Å². The molecule has 0 radical (unpaired) electrons. The van der Waals surface area contributed by atoms with E-state index in [1.807, 2.05) is 0 Å². The lowest BCUT2D eigenvalue weighted by atomic mass is 10.1. The fraction of sp³-hybridized carbons (Fsp3) is 0.435. The van der Waals surface area contributed by atoms with Gasteiger partial charge in [0.2, 0.25) is 5.13 Å². The Hall–Kier alpha value is -2.72. The standard InChI is InChI=1S/C23H25F3N4O2S/c1-14(30-9-4-3-5-10-30)11-20-27-22(33-29-20)28-21(31)18-13-19(32-15(18)2)16-7-6-8-17(12-16)23(24,25)26/h6-8,12-14H,3-5,9-11H2,1-2H3,(H,27,28,29,31). The fourth-order valence-corrected chi connectivity index (χ4v) is 4.59. The lowest BCUT2D eigenvalue weighted by Gasteiger charge is -2.31. The Morgan fingerprint density at radius 3 is 2.73 bits per heavy atom. The van der Waals surface area contributed by atoms with E-state index < -0.39 is 17.6 Å². The number of piperidine rings is 1. The molecule has 3 aromatic rings. The number of aryl methyl sites for hydroxylation is 1. The number of alkyl halides is 3. The molecule has 0 aliphatic carbocycles. The molecule has 1 fully saturated rings. The molecule has 176 valence electrons. The van der Waals surface area contributed by atoms with Crippen molar-refractivity contribution in [1.82, 2.24) is 14.3 Å². The SMILES string of the molecule is Cc1oc(-c2cccc(C(F)(F)F)c2)cc1C(=O)Nc1nc(CC(C)N2CCCCC2)ns1. The van der Waals surface area contributed by atoms with Gasteiger partial charge in [-0.25, -0.2) is 4.98 Å². The third-order valence-electron chi connectivity index (χ3n) is 5.82. The van der Waals surface area contributed by atoms with Gasteiger partial charge in [0.1, 0.15) is 17.3 Å². The summed E-state index contributed by atoms with van der Waals surface area (Å²) in [6.45, 7) is 5.93. The van der Waals surface area contributed by atoms with Crippen LogP contribution >= 0.6 is 11.5 Å². The summed E-state index contributed by atoms with van der Waals surface area (Å²) < 4.78 is 49.0. The summed E-state index contributed by atoms with van der Waals surface area (Å²) in [6.07, 6.45) is -0.0572. The van der Waals surface area contributed by atoms with Gasteiger partial charge in [-0.15, -0.1) is 0 Å². The van der Waals surface area contributed by atoms with Gasteiger partial charge in [0.05, 0.1) is 11.1 Å². The van der Waals surface area contributed by atoms with Gasteiger partial charge in [-0.1, -0.05) is 18.6 Å². The number of nitrogens with zero attached hydrogens (tertiary/aromatic N) is 3. The molecule has 0 bridgehead atoms. The smallest absolute Gasteiger partial charge is 0.416 e. The van der Waals surface area contributed by atoms with Crippen LogP contribution in [-0.4, -0.2) is 39.3 Å². The van der Waals surface area contributed by atoms with Gasteiger partial charge in [-0.3, -0.25) is 10.1 Å². The summed E-state index contributed by atoms with van der Waals surface area (Å²) in [5, 5.41) is 3.10. The number of halogens is 3. The number of hydrogen-bond acceptors (Lipinski definition) is 6. The molecule has 1 atom stereocenters. The van der Waals surface area contributed by atoms with E-state index in [1.54, 1.807) is 6.92 Å². The minimum atomic E-state index is -4.46. The maximum Gasteiger partial charge on any atom is 0.416 e. The number of nitrogens with one attached hydrogen (secondary N) is 1. The molecule has 2 aromatic heterocycles. The normalized spacial score (nSPS) is 16.0. The van der Waals surface area contributed by atoms with E-state index in [0.717, 1.165) is 36.8 Å². The quantitative estimate of drug-likeness (QED) is 0.485. The number of carbonyl (C=O) groups is 1. The van der Waals surface area contributed by atoms with Gasteiger partial charge in [0.25, 0.3) is 5.91 Å². The first-order valence-corrected chi connectivity index (χ1v) is 11.6. The first-order chi connectivity index (χ1) is 15.7. The van der Waals surface area contributed by atoms with Gasteiger partial charge in [0, 0.05) is 29.6 Å². The summed E-state index contributed by atoms with van der Waals surface area (Å²) in [7, 11) is 0. The molecule has 0 spiro atoms.